The van der Waals surface area contributed by atoms with Crippen LogP contribution in [0.1, 0.15) is 25.0 Å². The van der Waals surface area contributed by atoms with Gasteiger partial charge in [0, 0.05) is 6.54 Å². The molecule has 1 rings (SSSR count). The van der Waals surface area contributed by atoms with Crippen LogP contribution in [0.25, 0.3) is 0 Å². The van der Waals surface area contributed by atoms with E-state index in [4.69, 9.17) is 5.11 Å². The highest BCUT2D eigenvalue weighted by Crippen LogP contribution is 2.10. The molecule has 104 valence electrons. The zero-order valence-corrected chi connectivity index (χ0v) is 11.1. The van der Waals surface area contributed by atoms with Crippen molar-refractivity contribution < 1.29 is 19.1 Å². The summed E-state index contributed by atoms with van der Waals surface area (Å²) < 4.78 is 13.0. The molecule has 0 unspecified atom stereocenters. The molecule has 0 atom stereocenters. The molecule has 0 heterocycles. The third-order valence-corrected chi connectivity index (χ3v) is 2.71. The van der Waals surface area contributed by atoms with Gasteiger partial charge in [0.05, 0.1) is 0 Å². The molecule has 0 aliphatic carbocycles. The van der Waals surface area contributed by atoms with Crippen molar-refractivity contribution in [1.29, 1.82) is 0 Å². The van der Waals surface area contributed by atoms with Crippen LogP contribution in [0.15, 0.2) is 18.2 Å². The number of hydrogen-bond donors (Lipinski definition) is 3. The first kappa shape index (κ1) is 14.9. The number of aryl methyl sites for hydroxylation is 1. The number of benzene rings is 1. The van der Waals surface area contributed by atoms with Gasteiger partial charge < -0.3 is 15.7 Å². The molecule has 0 radical (unpaired) electrons. The number of carboxylic acids is 1. The Hall–Kier alpha value is -2.11. The van der Waals surface area contributed by atoms with Gasteiger partial charge in [-0.3, -0.25) is 0 Å². The van der Waals surface area contributed by atoms with Gasteiger partial charge in [-0.15, -0.1) is 0 Å². The van der Waals surface area contributed by atoms with Gasteiger partial charge >= 0.3 is 12.0 Å². The Kier molecular flexibility index (Phi) is 4.47. The summed E-state index contributed by atoms with van der Waals surface area (Å²) in [5.74, 6) is -1.52. The first-order valence-corrected chi connectivity index (χ1v) is 5.77. The monoisotopic (exact) mass is 268 g/mol. The lowest BCUT2D eigenvalue weighted by Crippen LogP contribution is -2.53. The normalized spacial score (nSPS) is 10.9. The Morgan fingerprint density at radius 2 is 2.00 bits per heavy atom. The zero-order chi connectivity index (χ0) is 14.6. The highest BCUT2D eigenvalue weighted by atomic mass is 19.1. The summed E-state index contributed by atoms with van der Waals surface area (Å²) in [6, 6.07) is 3.67. The molecule has 2 amide bonds. The number of urea groups is 1. The third-order valence-electron chi connectivity index (χ3n) is 2.71. The van der Waals surface area contributed by atoms with Crippen LogP contribution in [0.4, 0.5) is 9.18 Å². The molecule has 0 bridgehead atoms. The second-order valence-electron chi connectivity index (χ2n) is 4.81. The number of rotatable bonds is 4. The molecule has 0 aliphatic heterocycles. The molecule has 0 saturated heterocycles. The van der Waals surface area contributed by atoms with Crippen molar-refractivity contribution in [3.05, 3.63) is 35.1 Å². The molecule has 0 spiro atoms. The van der Waals surface area contributed by atoms with Crippen molar-refractivity contribution in [2.75, 3.05) is 0 Å². The topological polar surface area (TPSA) is 78.4 Å². The molecule has 1 aromatic carbocycles. The van der Waals surface area contributed by atoms with Gasteiger partial charge in [0.2, 0.25) is 0 Å². The van der Waals surface area contributed by atoms with E-state index in [0.29, 0.717) is 5.56 Å². The first-order chi connectivity index (χ1) is 8.72. The Labute approximate surface area is 110 Å². The van der Waals surface area contributed by atoms with E-state index in [1.807, 2.05) is 0 Å². The molecular weight excluding hydrogens is 251 g/mol. The van der Waals surface area contributed by atoms with Crippen LogP contribution in [-0.4, -0.2) is 22.6 Å². The Balaban J connectivity index is 2.60. The maximum absolute atomic E-state index is 13.0. The van der Waals surface area contributed by atoms with Crippen molar-refractivity contribution in [3.63, 3.8) is 0 Å². The molecule has 3 N–H and O–H groups in total. The predicted molar refractivity (Wildman–Crippen MR) is 68.2 cm³/mol. The van der Waals surface area contributed by atoms with Gasteiger partial charge in [0.1, 0.15) is 11.4 Å². The number of aliphatic carboxylic acids is 1. The van der Waals surface area contributed by atoms with Crippen LogP contribution in [0.3, 0.4) is 0 Å². The van der Waals surface area contributed by atoms with Gasteiger partial charge in [-0.25, -0.2) is 14.0 Å². The van der Waals surface area contributed by atoms with Crippen LogP contribution in [0.5, 0.6) is 0 Å². The fraction of sp³-hybridized carbons (Fsp3) is 0.385. The third kappa shape index (κ3) is 4.24. The Bertz CT molecular complexity index is 501. The van der Waals surface area contributed by atoms with Gasteiger partial charge in [0.15, 0.2) is 0 Å². The van der Waals surface area contributed by atoms with E-state index >= 15 is 0 Å². The van der Waals surface area contributed by atoms with Crippen molar-refractivity contribution in [2.24, 2.45) is 0 Å². The summed E-state index contributed by atoms with van der Waals surface area (Å²) in [6.45, 7) is 4.69. The smallest absolute Gasteiger partial charge is 0.328 e. The maximum Gasteiger partial charge on any atom is 0.328 e. The number of carbonyl (C=O) groups is 2. The minimum Gasteiger partial charge on any atom is -0.480 e. The quantitative estimate of drug-likeness (QED) is 0.779. The number of amides is 2. The molecule has 0 aliphatic rings. The summed E-state index contributed by atoms with van der Waals surface area (Å²) in [5, 5.41) is 13.7. The van der Waals surface area contributed by atoms with Gasteiger partial charge in [-0.2, -0.15) is 0 Å². The van der Waals surface area contributed by atoms with Gasteiger partial charge in [-0.1, -0.05) is 6.07 Å². The summed E-state index contributed by atoms with van der Waals surface area (Å²) in [5.41, 5.74) is 0.128. The molecule has 0 saturated carbocycles. The second-order valence-corrected chi connectivity index (χ2v) is 4.81. The molecule has 19 heavy (non-hydrogen) atoms. The lowest BCUT2D eigenvalue weighted by molar-refractivity contribution is -0.142. The second kappa shape index (κ2) is 5.69. The fourth-order valence-corrected chi connectivity index (χ4v) is 1.39. The number of halogens is 1. The molecular formula is C13H17FN2O3. The Morgan fingerprint density at radius 1 is 1.37 bits per heavy atom. The van der Waals surface area contributed by atoms with Crippen molar-refractivity contribution in [3.8, 4) is 0 Å². The summed E-state index contributed by atoms with van der Waals surface area (Å²) in [4.78, 5) is 22.4. The average molecular weight is 268 g/mol. The minimum absolute atomic E-state index is 0.130. The summed E-state index contributed by atoms with van der Waals surface area (Å²) in [7, 11) is 0. The van der Waals surface area contributed by atoms with E-state index in [-0.39, 0.29) is 12.4 Å². The largest absolute Gasteiger partial charge is 0.480 e. The van der Waals surface area contributed by atoms with Gasteiger partial charge in [-0.05, 0) is 44.0 Å². The fourth-order valence-electron chi connectivity index (χ4n) is 1.39. The van der Waals surface area contributed by atoms with E-state index in [0.717, 1.165) is 5.56 Å². The van der Waals surface area contributed by atoms with Crippen LogP contribution >= 0.6 is 0 Å². The lowest BCUT2D eigenvalue weighted by Gasteiger charge is -2.21. The Morgan fingerprint density at radius 3 is 2.58 bits per heavy atom. The minimum atomic E-state index is -1.36. The lowest BCUT2D eigenvalue weighted by atomic mass is 10.1. The standard InChI is InChI=1S/C13H17FN2O3/c1-8-4-5-10(14)6-9(8)7-15-12(19)16-13(2,3)11(17)18/h4-6H,7H2,1-3H3,(H,17,18)(H2,15,16,19). The van der Waals surface area contributed by atoms with Crippen LogP contribution in [0, 0.1) is 12.7 Å². The number of hydrogen-bond acceptors (Lipinski definition) is 2. The zero-order valence-electron chi connectivity index (χ0n) is 11.1. The number of carboxylic acid groups (broad SMARTS) is 1. The molecule has 6 heteroatoms. The van der Waals surface area contributed by atoms with Crippen LogP contribution < -0.4 is 10.6 Å². The first-order valence-electron chi connectivity index (χ1n) is 5.77. The highest BCUT2D eigenvalue weighted by Gasteiger charge is 2.28. The number of nitrogens with one attached hydrogen (secondary N) is 2. The SMILES string of the molecule is Cc1ccc(F)cc1CNC(=O)NC(C)(C)C(=O)O. The molecule has 1 aromatic rings. The van der Waals surface area contributed by atoms with E-state index in [1.54, 1.807) is 13.0 Å². The van der Waals surface area contributed by atoms with E-state index in [9.17, 15) is 14.0 Å². The van der Waals surface area contributed by atoms with Crippen LogP contribution in [-0.2, 0) is 11.3 Å². The van der Waals surface area contributed by atoms with Crippen molar-refractivity contribution in [1.82, 2.24) is 10.6 Å². The maximum atomic E-state index is 13.0. The average Bonchev–Trinajstić information content (AvgIpc) is 2.29. The van der Waals surface area contributed by atoms with E-state index in [1.165, 1.54) is 26.0 Å². The molecule has 0 aromatic heterocycles. The molecule has 0 fully saturated rings. The predicted octanol–water partition coefficient (Wildman–Crippen LogP) is 1.80. The number of carbonyl (C=O) groups excluding carboxylic acids is 1. The van der Waals surface area contributed by atoms with Crippen molar-refractivity contribution >= 4 is 12.0 Å². The van der Waals surface area contributed by atoms with Crippen molar-refractivity contribution in [2.45, 2.75) is 32.9 Å². The van der Waals surface area contributed by atoms with E-state index < -0.39 is 17.5 Å². The highest BCUT2D eigenvalue weighted by molar-refractivity contribution is 5.85. The van der Waals surface area contributed by atoms with Crippen LogP contribution in [0.2, 0.25) is 0 Å². The summed E-state index contributed by atoms with van der Waals surface area (Å²) >= 11 is 0. The van der Waals surface area contributed by atoms with Gasteiger partial charge in [0.25, 0.3) is 0 Å². The molecule has 5 nitrogen and oxygen atoms in total. The summed E-state index contributed by atoms with van der Waals surface area (Å²) in [6.07, 6.45) is 0. The van der Waals surface area contributed by atoms with E-state index in [2.05, 4.69) is 10.6 Å².